The molecule has 0 radical (unpaired) electrons. The maximum absolute atomic E-state index is 5.94. The topological polar surface area (TPSA) is 26.6 Å². The molecule has 1 aromatic carbocycles. The zero-order valence-electron chi connectivity index (χ0n) is 18.5. The van der Waals surface area contributed by atoms with Gasteiger partial charge < -0.3 is 15.0 Å². The van der Waals surface area contributed by atoms with Crippen molar-refractivity contribution in [1.82, 2.24) is 4.90 Å². The van der Waals surface area contributed by atoms with Gasteiger partial charge in [-0.1, -0.05) is 77.8 Å². The van der Waals surface area contributed by atoms with Crippen molar-refractivity contribution in [3.63, 3.8) is 0 Å². The van der Waals surface area contributed by atoms with Gasteiger partial charge in [0.2, 0.25) is 0 Å². The first-order valence-electron chi connectivity index (χ1n) is 11.0. The smallest absolute Gasteiger partial charge is 0.660 e. The monoisotopic (exact) mass is 400 g/mol. The summed E-state index contributed by atoms with van der Waals surface area (Å²) in [6.07, 6.45) is 10.7. The molecule has 0 aromatic heterocycles. The maximum atomic E-state index is 5.94. The first-order chi connectivity index (χ1) is 12.9. The third-order valence-corrected chi connectivity index (χ3v) is 4.72. The predicted molar refractivity (Wildman–Crippen MR) is 114 cm³/mol. The molecule has 0 unspecified atom stereocenters. The molecule has 1 saturated heterocycles. The van der Waals surface area contributed by atoms with E-state index in [1.54, 1.807) is 0 Å². The Labute approximate surface area is 211 Å². The van der Waals surface area contributed by atoms with Crippen molar-refractivity contribution in [3.05, 3.63) is 35.1 Å². The van der Waals surface area contributed by atoms with E-state index < -0.39 is 0 Å². The summed E-state index contributed by atoms with van der Waals surface area (Å²) in [4.78, 5) is 2.48. The summed E-state index contributed by atoms with van der Waals surface area (Å²) in [5, 5.41) is 4.41. The molecule has 0 amide bonds. The molecule has 0 atom stereocenters. The molecule has 3 nitrogen and oxygen atoms in total. The fourth-order valence-electron chi connectivity index (χ4n) is 3.22. The minimum atomic E-state index is 0. The first kappa shape index (κ1) is 27.6. The zero-order valence-corrected chi connectivity index (χ0v) is 21.6. The van der Waals surface area contributed by atoms with Gasteiger partial charge in [-0.15, -0.1) is 13.1 Å². The minimum Gasteiger partial charge on any atom is -0.660 e. The molecule has 1 aliphatic heterocycles. The molecule has 0 aliphatic carbocycles. The quantitative estimate of drug-likeness (QED) is 0.397. The van der Waals surface area contributed by atoms with Gasteiger partial charge in [-0.2, -0.15) is 0 Å². The van der Waals surface area contributed by atoms with Gasteiger partial charge in [0, 0.05) is 6.54 Å². The van der Waals surface area contributed by atoms with E-state index in [-0.39, 0.29) is 51.4 Å². The minimum absolute atomic E-state index is 0. The van der Waals surface area contributed by atoms with Crippen molar-refractivity contribution in [2.24, 2.45) is 0 Å². The van der Waals surface area contributed by atoms with Gasteiger partial charge in [-0.3, -0.25) is 0 Å². The van der Waals surface area contributed by atoms with Crippen LogP contribution in [0.25, 0.3) is 5.32 Å². The summed E-state index contributed by atoms with van der Waals surface area (Å²) in [7, 11) is 0. The second-order valence-corrected chi connectivity index (χ2v) is 6.92. The van der Waals surface area contributed by atoms with Crippen LogP contribution in [-0.4, -0.2) is 37.7 Å². The third kappa shape index (κ3) is 14.2. The number of nitrogens with zero attached hydrogens (tertiary/aromatic N) is 2. The van der Waals surface area contributed by atoms with E-state index in [0.717, 1.165) is 45.1 Å². The molecule has 0 spiro atoms. The van der Waals surface area contributed by atoms with Gasteiger partial charge >= 0.3 is 51.4 Å². The number of ether oxygens (including phenoxy) is 1. The van der Waals surface area contributed by atoms with Crippen molar-refractivity contribution in [2.75, 3.05) is 32.8 Å². The summed E-state index contributed by atoms with van der Waals surface area (Å²) in [5.41, 5.74) is 1.35. The Morgan fingerprint density at radius 3 is 2.22 bits per heavy atom. The van der Waals surface area contributed by atoms with E-state index in [1.165, 1.54) is 56.9 Å². The molecule has 0 saturated carbocycles. The van der Waals surface area contributed by atoms with Crippen molar-refractivity contribution in [1.29, 1.82) is 0 Å². The molecule has 27 heavy (non-hydrogen) atoms. The molecule has 150 valence electrons. The molecule has 2 rings (SSSR count). The fourth-order valence-corrected chi connectivity index (χ4v) is 3.22. The van der Waals surface area contributed by atoms with Crippen LogP contribution in [0, 0.1) is 0 Å². The van der Waals surface area contributed by atoms with E-state index in [4.69, 9.17) is 4.74 Å². The Bertz CT molecular complexity index is 436. The van der Waals surface area contributed by atoms with Gasteiger partial charge in [0.1, 0.15) is 5.75 Å². The maximum Gasteiger partial charge on any atom is 1.00 e. The number of benzene rings is 1. The van der Waals surface area contributed by atoms with Gasteiger partial charge in [-0.25, -0.2) is 0 Å². The number of hydrogen-bond acceptors (Lipinski definition) is 2. The van der Waals surface area contributed by atoms with Crippen LogP contribution in [-0.2, 0) is 6.54 Å². The van der Waals surface area contributed by atoms with E-state index in [0.29, 0.717) is 0 Å². The van der Waals surface area contributed by atoms with Crippen molar-refractivity contribution in [2.45, 2.75) is 78.7 Å². The Hall–Kier alpha value is 0.576. The standard InChI is InChI=1S/C21H35N2O.C2H6.K/c1-2-3-4-5-6-7-8-9-17-24-21-12-10-11-20(18-21)19-23-15-13-22-14-16-23;1-2;/h10-12,18H,2-9,13-17,19H2,1H3;1-2H3;/q-1;;+1. The SMILES string of the molecule is CC.CCCCCCCCCCOc1cccc(CN2CC[N-]CC2)c1.[K+]. The summed E-state index contributed by atoms with van der Waals surface area (Å²) in [5.74, 6) is 1.03. The summed E-state index contributed by atoms with van der Waals surface area (Å²) in [6.45, 7) is 12.3. The van der Waals surface area contributed by atoms with E-state index in [1.807, 2.05) is 13.8 Å². The largest absolute Gasteiger partial charge is 1.00 e. The van der Waals surface area contributed by atoms with Gasteiger partial charge in [0.25, 0.3) is 0 Å². The molecule has 0 bridgehead atoms. The average molecular weight is 401 g/mol. The van der Waals surface area contributed by atoms with Crippen LogP contribution < -0.4 is 56.1 Å². The Kier molecular flexibility index (Phi) is 20.3. The van der Waals surface area contributed by atoms with Crippen LogP contribution >= 0.6 is 0 Å². The Balaban J connectivity index is 0.00000218. The molecule has 1 fully saturated rings. The van der Waals surface area contributed by atoms with Crippen LogP contribution in [0.2, 0.25) is 0 Å². The van der Waals surface area contributed by atoms with Crippen molar-refractivity contribution < 1.29 is 56.1 Å². The summed E-state index contributed by atoms with van der Waals surface area (Å²) in [6, 6.07) is 8.61. The van der Waals surface area contributed by atoms with Crippen LogP contribution in [0.15, 0.2) is 24.3 Å². The first-order valence-corrected chi connectivity index (χ1v) is 11.0. The fraction of sp³-hybridized carbons (Fsp3) is 0.739. The van der Waals surface area contributed by atoms with Crippen LogP contribution in [0.1, 0.15) is 77.7 Å². The number of rotatable bonds is 12. The second-order valence-electron chi connectivity index (χ2n) is 6.92. The van der Waals surface area contributed by atoms with Crippen LogP contribution in [0.3, 0.4) is 0 Å². The Morgan fingerprint density at radius 1 is 0.926 bits per heavy atom. The number of unbranched alkanes of at least 4 members (excludes halogenated alkanes) is 7. The molecule has 4 heteroatoms. The number of hydrogen-bond donors (Lipinski definition) is 0. The van der Waals surface area contributed by atoms with Gasteiger partial charge in [0.05, 0.1) is 6.61 Å². The zero-order chi connectivity index (χ0) is 18.9. The van der Waals surface area contributed by atoms with Crippen molar-refractivity contribution >= 4 is 0 Å². The van der Waals surface area contributed by atoms with E-state index in [9.17, 15) is 0 Å². The Morgan fingerprint density at radius 2 is 1.56 bits per heavy atom. The van der Waals surface area contributed by atoms with Gasteiger partial charge in [0.15, 0.2) is 0 Å². The summed E-state index contributed by atoms with van der Waals surface area (Å²) >= 11 is 0. The number of piperazine rings is 1. The molecule has 1 heterocycles. The van der Waals surface area contributed by atoms with Crippen LogP contribution in [0.5, 0.6) is 5.75 Å². The van der Waals surface area contributed by atoms with Crippen molar-refractivity contribution in [3.8, 4) is 5.75 Å². The van der Waals surface area contributed by atoms with Gasteiger partial charge in [-0.05, 0) is 37.2 Å². The average Bonchev–Trinajstić information content (AvgIpc) is 2.69. The second kappa shape index (κ2) is 19.9. The normalized spacial score (nSPS) is 14.0. The molecular formula is C23H41KN2O. The van der Waals surface area contributed by atoms with E-state index >= 15 is 0 Å². The van der Waals surface area contributed by atoms with E-state index in [2.05, 4.69) is 41.4 Å². The molecule has 1 aromatic rings. The molecular weight excluding hydrogens is 359 g/mol. The molecule has 0 N–H and O–H groups in total. The predicted octanol–water partition coefficient (Wildman–Crippen LogP) is 3.43. The molecule has 1 aliphatic rings. The van der Waals surface area contributed by atoms with Crippen LogP contribution in [0.4, 0.5) is 0 Å². The third-order valence-electron chi connectivity index (χ3n) is 4.72. The summed E-state index contributed by atoms with van der Waals surface area (Å²) < 4.78 is 5.94.